The number of aliphatic hydroxyl groups excluding tert-OH is 1. The van der Waals surface area contributed by atoms with Crippen LogP contribution >= 0.6 is 0 Å². The van der Waals surface area contributed by atoms with Crippen LogP contribution in [-0.4, -0.2) is 21.7 Å². The molecule has 1 radical (unpaired) electrons. The first-order valence-electron chi connectivity index (χ1n) is 17.0. The molecule has 2 spiro atoms. The monoisotopic (exact) mass is 795 g/mol. The van der Waals surface area contributed by atoms with Crippen molar-refractivity contribution in [3.05, 3.63) is 77.7 Å². The van der Waals surface area contributed by atoms with Crippen LogP contribution in [0.15, 0.2) is 60.4 Å². The van der Waals surface area contributed by atoms with Crippen LogP contribution in [0, 0.1) is 16.9 Å². The molecule has 0 unspecified atom stereocenters. The van der Waals surface area contributed by atoms with Crippen LogP contribution in [0.25, 0.3) is 32.4 Å². The molecular weight excluding hydrogens is 747 g/mol. The molecule has 0 saturated heterocycles. The van der Waals surface area contributed by atoms with Crippen LogP contribution in [0.5, 0.6) is 0 Å². The number of benzene rings is 3. The summed E-state index contributed by atoms with van der Waals surface area (Å²) in [7, 11) is 0. The summed E-state index contributed by atoms with van der Waals surface area (Å²) in [6.07, 6.45) is 12.4. The van der Waals surface area contributed by atoms with Crippen molar-refractivity contribution in [1.82, 2.24) is 4.98 Å². The second kappa shape index (κ2) is 12.6. The fourth-order valence-corrected chi connectivity index (χ4v) is 7.96. The Hall–Kier alpha value is -2.88. The number of pyridine rings is 1. The molecule has 2 fully saturated rings. The number of ketones is 2. The van der Waals surface area contributed by atoms with E-state index >= 15 is 0 Å². The molecule has 2 saturated carbocycles. The quantitative estimate of drug-likeness (QED) is 0.0902. The minimum atomic E-state index is -0.417. The van der Waals surface area contributed by atoms with Gasteiger partial charge in [0, 0.05) is 42.7 Å². The first-order chi connectivity index (χ1) is 21.3. The van der Waals surface area contributed by atoms with Crippen molar-refractivity contribution in [3.8, 4) is 0 Å². The maximum Gasteiger partial charge on any atom is 0.164 e. The summed E-state index contributed by atoms with van der Waals surface area (Å²) in [6, 6.07) is 20.8. The standard InChI is InChI=1S/C30H28NO.C11H20O2.Ir/c32-28-29(15-7-1-8-16-29)25-19-24-22-13-4-3-11-20(22)21-12-5-6-14-23(21)26(24)31-27(25)30(28)17-9-2-10-18-30;1-10(2,3)8(12)7-9(13)11(4,5)6;/h3-6,11-13,19H,1-2,7-10,15-18H2;7,12H,1-6H3;/q-1;;. The minimum absolute atomic E-state index is 0. The molecule has 1 aromatic heterocycles. The molecule has 1 N–H and O–H groups in total. The Bertz CT molecular complexity index is 1720. The summed E-state index contributed by atoms with van der Waals surface area (Å²) in [6.45, 7) is 11.1. The van der Waals surface area contributed by atoms with Gasteiger partial charge in [-0.05, 0) is 47.5 Å². The number of aliphatic hydroxyl groups is 1. The molecule has 0 atom stereocenters. The number of rotatable bonds is 1. The van der Waals surface area contributed by atoms with E-state index in [1.54, 1.807) is 0 Å². The molecule has 0 amide bonds. The van der Waals surface area contributed by atoms with E-state index in [2.05, 4.69) is 48.5 Å². The minimum Gasteiger partial charge on any atom is -0.512 e. The Balaban J connectivity index is 0.000000256. The van der Waals surface area contributed by atoms with Crippen LogP contribution in [0.4, 0.5) is 0 Å². The van der Waals surface area contributed by atoms with Gasteiger partial charge in [-0.1, -0.05) is 121 Å². The second-order valence-electron chi connectivity index (χ2n) is 15.8. The van der Waals surface area contributed by atoms with E-state index in [-0.39, 0.29) is 47.9 Å². The second-order valence-corrected chi connectivity index (χ2v) is 15.8. The van der Waals surface area contributed by atoms with Gasteiger partial charge in [0.1, 0.15) is 5.76 Å². The molecule has 4 nitrogen and oxygen atoms in total. The Morgan fingerprint density at radius 2 is 1.33 bits per heavy atom. The van der Waals surface area contributed by atoms with Gasteiger partial charge in [0.05, 0.1) is 10.8 Å². The molecule has 46 heavy (non-hydrogen) atoms. The SMILES string of the molecule is CC(C)(C)C(=O)C=C(O)C(C)(C)C.O=C1C2(CCCCC2)c2cc3c4ccccc4c4ccc[c-]c4c3nc2C12CCCCC2.[Ir]. The van der Waals surface area contributed by atoms with E-state index in [0.717, 1.165) is 68.0 Å². The zero-order valence-electron chi connectivity index (χ0n) is 28.3. The van der Waals surface area contributed by atoms with Gasteiger partial charge >= 0.3 is 0 Å². The van der Waals surface area contributed by atoms with Crippen LogP contribution in [0.3, 0.4) is 0 Å². The van der Waals surface area contributed by atoms with E-state index < -0.39 is 5.41 Å². The van der Waals surface area contributed by atoms with Crippen LogP contribution in [0.2, 0.25) is 0 Å². The Labute approximate surface area is 287 Å². The smallest absolute Gasteiger partial charge is 0.164 e. The van der Waals surface area contributed by atoms with Gasteiger partial charge in [-0.2, -0.15) is 0 Å². The van der Waals surface area contributed by atoms with Gasteiger partial charge in [-0.25, -0.2) is 0 Å². The number of fused-ring (bicyclic) bond motifs is 9. The Morgan fingerprint density at radius 1 is 0.783 bits per heavy atom. The van der Waals surface area contributed by atoms with Crippen molar-refractivity contribution in [3.63, 3.8) is 0 Å². The Morgan fingerprint density at radius 3 is 1.89 bits per heavy atom. The van der Waals surface area contributed by atoms with Crippen LogP contribution in [-0.2, 0) is 40.5 Å². The molecule has 245 valence electrons. The number of hydrogen-bond donors (Lipinski definition) is 1. The Kier molecular flexibility index (Phi) is 9.45. The summed E-state index contributed by atoms with van der Waals surface area (Å²) < 4.78 is 0. The number of carbonyl (C=O) groups is 2. The van der Waals surface area contributed by atoms with E-state index in [4.69, 9.17) is 4.98 Å². The van der Waals surface area contributed by atoms with E-state index in [9.17, 15) is 14.7 Å². The number of carbonyl (C=O) groups excluding carboxylic acids is 2. The van der Waals surface area contributed by atoms with Gasteiger partial charge in [-0.15, -0.1) is 29.7 Å². The molecule has 5 heteroatoms. The largest absolute Gasteiger partial charge is 0.512 e. The zero-order valence-corrected chi connectivity index (χ0v) is 30.7. The predicted molar refractivity (Wildman–Crippen MR) is 185 cm³/mol. The molecular formula is C41H48IrNO3-. The number of Topliss-reactive ketones (excluding diaryl/α,β-unsaturated/α-hetero) is 1. The summed E-state index contributed by atoms with van der Waals surface area (Å²) >= 11 is 0. The fraction of sp³-hybridized carbons (Fsp3) is 0.488. The zero-order chi connectivity index (χ0) is 32.2. The van der Waals surface area contributed by atoms with Crippen molar-refractivity contribution >= 4 is 44.0 Å². The van der Waals surface area contributed by atoms with Crippen molar-refractivity contribution in [2.45, 2.75) is 117 Å². The predicted octanol–water partition coefficient (Wildman–Crippen LogP) is 10.4. The molecule has 0 aliphatic heterocycles. The third-order valence-corrected chi connectivity index (χ3v) is 10.7. The summed E-state index contributed by atoms with van der Waals surface area (Å²) in [5, 5.41) is 15.5. The molecule has 1 heterocycles. The molecule has 3 aliphatic rings. The van der Waals surface area contributed by atoms with Crippen LogP contribution in [0.1, 0.15) is 117 Å². The van der Waals surface area contributed by atoms with Crippen molar-refractivity contribution in [2.24, 2.45) is 10.8 Å². The molecule has 7 rings (SSSR count). The van der Waals surface area contributed by atoms with E-state index in [1.807, 2.05) is 47.6 Å². The molecule has 4 aromatic rings. The number of aromatic nitrogens is 1. The summed E-state index contributed by atoms with van der Waals surface area (Å²) in [4.78, 5) is 31.3. The number of allylic oxidation sites excluding steroid dienone is 2. The third-order valence-electron chi connectivity index (χ3n) is 10.7. The van der Waals surface area contributed by atoms with E-state index in [1.165, 1.54) is 46.0 Å². The van der Waals surface area contributed by atoms with Gasteiger partial charge in [0.25, 0.3) is 0 Å². The number of nitrogens with zero attached hydrogens (tertiary/aromatic N) is 1. The van der Waals surface area contributed by atoms with Crippen molar-refractivity contribution < 1.29 is 34.8 Å². The van der Waals surface area contributed by atoms with Gasteiger partial charge in [-0.3, -0.25) is 14.6 Å². The maximum absolute atomic E-state index is 14.4. The van der Waals surface area contributed by atoms with E-state index in [0.29, 0.717) is 5.78 Å². The fourth-order valence-electron chi connectivity index (χ4n) is 7.96. The van der Waals surface area contributed by atoms with Gasteiger partial charge in [0.15, 0.2) is 11.6 Å². The van der Waals surface area contributed by atoms with Crippen molar-refractivity contribution in [2.75, 3.05) is 0 Å². The first kappa shape index (κ1) is 34.5. The van der Waals surface area contributed by atoms with Gasteiger partial charge < -0.3 is 5.11 Å². The van der Waals surface area contributed by atoms with Crippen LogP contribution < -0.4 is 0 Å². The summed E-state index contributed by atoms with van der Waals surface area (Å²) in [5.74, 6) is 0.618. The third kappa shape index (κ3) is 5.77. The average Bonchev–Trinajstić information content (AvgIpc) is 3.19. The molecule has 0 bridgehead atoms. The molecule has 3 aliphatic carbocycles. The topological polar surface area (TPSA) is 67.3 Å². The number of hydrogen-bond acceptors (Lipinski definition) is 4. The first-order valence-corrected chi connectivity index (χ1v) is 17.0. The summed E-state index contributed by atoms with van der Waals surface area (Å²) in [5.41, 5.74) is 2.01. The van der Waals surface area contributed by atoms with Gasteiger partial charge in [0.2, 0.25) is 0 Å². The molecule has 3 aromatic carbocycles. The normalized spacial score (nSPS) is 19.2. The average molecular weight is 795 g/mol. The van der Waals surface area contributed by atoms with Crippen molar-refractivity contribution in [1.29, 1.82) is 0 Å². The maximum atomic E-state index is 14.4.